The fourth-order valence-corrected chi connectivity index (χ4v) is 2.71. The normalized spacial score (nSPS) is 21.5. The van der Waals surface area contributed by atoms with E-state index in [1.807, 2.05) is 0 Å². The van der Waals surface area contributed by atoms with E-state index in [9.17, 15) is 9.18 Å². The summed E-state index contributed by atoms with van der Waals surface area (Å²) in [6, 6.07) is 6.56. The summed E-state index contributed by atoms with van der Waals surface area (Å²) in [5.41, 5.74) is 6.43. The highest BCUT2D eigenvalue weighted by Crippen LogP contribution is 2.28. The highest BCUT2D eigenvalue weighted by Gasteiger charge is 2.33. The molecule has 4 nitrogen and oxygen atoms in total. The predicted octanol–water partition coefficient (Wildman–Crippen LogP) is 1.88. The van der Waals surface area contributed by atoms with Crippen molar-refractivity contribution >= 4 is 18.3 Å². The average Bonchev–Trinajstić information content (AvgIpc) is 2.83. The number of hydrogen-bond acceptors (Lipinski definition) is 3. The van der Waals surface area contributed by atoms with Crippen LogP contribution in [0.1, 0.15) is 18.9 Å². The van der Waals surface area contributed by atoms with Gasteiger partial charge in [-0.2, -0.15) is 0 Å². The zero-order chi connectivity index (χ0) is 15.5. The van der Waals surface area contributed by atoms with Crippen LogP contribution >= 0.6 is 12.4 Å². The summed E-state index contributed by atoms with van der Waals surface area (Å²) in [6.45, 7) is 5.22. The van der Waals surface area contributed by atoms with Crippen LogP contribution in [0, 0.1) is 11.2 Å². The molecule has 22 heavy (non-hydrogen) atoms. The van der Waals surface area contributed by atoms with Crippen molar-refractivity contribution in [2.24, 2.45) is 11.1 Å². The number of likely N-dealkylation sites (tertiary alicyclic amines) is 1. The molecule has 1 amide bonds. The summed E-state index contributed by atoms with van der Waals surface area (Å²) in [5.74, 6) is -0.256. The molecule has 0 spiro atoms. The van der Waals surface area contributed by atoms with E-state index in [1.54, 1.807) is 30.1 Å². The van der Waals surface area contributed by atoms with E-state index < -0.39 is 0 Å². The lowest BCUT2D eigenvalue weighted by molar-refractivity contribution is -0.131. The molecule has 1 fully saturated rings. The van der Waals surface area contributed by atoms with E-state index in [4.69, 9.17) is 5.73 Å². The molecule has 1 aliphatic rings. The first kappa shape index (κ1) is 18.9. The minimum absolute atomic E-state index is 0. The van der Waals surface area contributed by atoms with E-state index in [0.717, 1.165) is 19.5 Å². The second-order valence-corrected chi connectivity index (χ2v) is 6.32. The molecule has 2 rings (SSSR count). The van der Waals surface area contributed by atoms with Gasteiger partial charge < -0.3 is 10.6 Å². The Hall–Kier alpha value is -1.17. The number of rotatable bonds is 5. The van der Waals surface area contributed by atoms with Crippen LogP contribution in [-0.2, 0) is 11.3 Å². The van der Waals surface area contributed by atoms with Gasteiger partial charge in [-0.1, -0.05) is 25.1 Å². The van der Waals surface area contributed by atoms with E-state index in [2.05, 4.69) is 11.8 Å². The van der Waals surface area contributed by atoms with Gasteiger partial charge in [-0.15, -0.1) is 12.4 Å². The predicted molar refractivity (Wildman–Crippen MR) is 88.3 cm³/mol. The molecule has 0 radical (unpaired) electrons. The number of nitrogens with two attached hydrogens (primary N) is 1. The van der Waals surface area contributed by atoms with Gasteiger partial charge in [0.1, 0.15) is 5.82 Å². The van der Waals surface area contributed by atoms with Crippen LogP contribution in [0.3, 0.4) is 0 Å². The number of carbonyl (C=O) groups excluding carboxylic acids is 1. The van der Waals surface area contributed by atoms with Crippen LogP contribution in [-0.4, -0.2) is 48.9 Å². The standard InChI is InChI=1S/C16H24FN3O.ClH/c1-16(11-18)7-8-20(12-16)10-15(21)19(2)9-13-5-3-4-6-14(13)17;/h3-6H,7-12,18H2,1-2H3;1H. The maximum atomic E-state index is 13.6. The molecule has 1 saturated heterocycles. The number of benzene rings is 1. The van der Waals surface area contributed by atoms with Crippen LogP contribution in [0.25, 0.3) is 0 Å². The van der Waals surface area contributed by atoms with Gasteiger partial charge in [0.25, 0.3) is 0 Å². The molecule has 124 valence electrons. The third kappa shape index (κ3) is 4.66. The molecule has 0 saturated carbocycles. The Balaban J connectivity index is 0.00000242. The maximum Gasteiger partial charge on any atom is 0.236 e. The summed E-state index contributed by atoms with van der Waals surface area (Å²) in [4.78, 5) is 16.0. The minimum atomic E-state index is -0.269. The number of nitrogens with zero attached hydrogens (tertiary/aromatic N) is 2. The number of likely N-dealkylation sites (N-methyl/N-ethyl adjacent to an activating group) is 1. The lowest BCUT2D eigenvalue weighted by atomic mass is 9.90. The topological polar surface area (TPSA) is 49.6 Å². The fourth-order valence-electron chi connectivity index (χ4n) is 2.71. The summed E-state index contributed by atoms with van der Waals surface area (Å²) in [5, 5.41) is 0. The van der Waals surface area contributed by atoms with E-state index in [-0.39, 0.29) is 29.5 Å². The van der Waals surface area contributed by atoms with Gasteiger partial charge in [-0.3, -0.25) is 9.69 Å². The third-order valence-corrected chi connectivity index (χ3v) is 4.28. The zero-order valence-electron chi connectivity index (χ0n) is 13.2. The number of amides is 1. The van der Waals surface area contributed by atoms with Gasteiger partial charge >= 0.3 is 0 Å². The monoisotopic (exact) mass is 329 g/mol. The summed E-state index contributed by atoms with van der Waals surface area (Å²) in [7, 11) is 1.72. The van der Waals surface area contributed by atoms with E-state index in [0.29, 0.717) is 25.2 Å². The van der Waals surface area contributed by atoms with Crippen molar-refractivity contribution in [3.8, 4) is 0 Å². The first-order valence-electron chi connectivity index (χ1n) is 7.33. The highest BCUT2D eigenvalue weighted by molar-refractivity contribution is 5.85. The van der Waals surface area contributed by atoms with Crippen LogP contribution in [0.4, 0.5) is 4.39 Å². The van der Waals surface area contributed by atoms with Crippen molar-refractivity contribution in [2.45, 2.75) is 19.9 Å². The Morgan fingerprint density at radius 1 is 1.45 bits per heavy atom. The van der Waals surface area contributed by atoms with Crippen LogP contribution in [0.15, 0.2) is 24.3 Å². The van der Waals surface area contributed by atoms with Gasteiger partial charge in [0.05, 0.1) is 6.54 Å². The number of carbonyl (C=O) groups is 1. The number of halogens is 2. The smallest absolute Gasteiger partial charge is 0.236 e. The lowest BCUT2D eigenvalue weighted by Crippen LogP contribution is -2.39. The Labute approximate surface area is 137 Å². The van der Waals surface area contributed by atoms with Crippen molar-refractivity contribution in [3.05, 3.63) is 35.6 Å². The van der Waals surface area contributed by atoms with Gasteiger partial charge in [0, 0.05) is 25.7 Å². The molecule has 1 aromatic rings. The second-order valence-electron chi connectivity index (χ2n) is 6.32. The van der Waals surface area contributed by atoms with Crippen molar-refractivity contribution < 1.29 is 9.18 Å². The average molecular weight is 330 g/mol. The largest absolute Gasteiger partial charge is 0.340 e. The minimum Gasteiger partial charge on any atom is -0.340 e. The molecule has 0 aliphatic carbocycles. The molecule has 2 N–H and O–H groups in total. The molecule has 1 aliphatic heterocycles. The van der Waals surface area contributed by atoms with Gasteiger partial charge in [-0.25, -0.2) is 4.39 Å². The van der Waals surface area contributed by atoms with Crippen LogP contribution in [0.2, 0.25) is 0 Å². The molecular formula is C16H25ClFN3O. The van der Waals surface area contributed by atoms with E-state index in [1.165, 1.54) is 6.07 Å². The van der Waals surface area contributed by atoms with Gasteiger partial charge in [0.2, 0.25) is 5.91 Å². The molecule has 6 heteroatoms. The summed E-state index contributed by atoms with van der Waals surface area (Å²) >= 11 is 0. The first-order chi connectivity index (χ1) is 9.93. The Kier molecular flexibility index (Phi) is 6.78. The molecule has 1 aromatic carbocycles. The highest BCUT2D eigenvalue weighted by atomic mass is 35.5. The second kappa shape index (κ2) is 7.90. The van der Waals surface area contributed by atoms with Gasteiger partial charge in [-0.05, 0) is 31.0 Å². The molecule has 0 bridgehead atoms. The van der Waals surface area contributed by atoms with Crippen LogP contribution < -0.4 is 5.73 Å². The van der Waals surface area contributed by atoms with E-state index >= 15 is 0 Å². The molecule has 1 unspecified atom stereocenters. The third-order valence-electron chi connectivity index (χ3n) is 4.28. The summed E-state index contributed by atoms with van der Waals surface area (Å²) < 4.78 is 13.6. The Morgan fingerprint density at radius 2 is 2.14 bits per heavy atom. The number of hydrogen-bond donors (Lipinski definition) is 1. The molecular weight excluding hydrogens is 305 g/mol. The Bertz CT molecular complexity index is 514. The van der Waals surface area contributed by atoms with Crippen molar-refractivity contribution in [1.29, 1.82) is 0 Å². The van der Waals surface area contributed by atoms with Crippen molar-refractivity contribution in [3.63, 3.8) is 0 Å². The zero-order valence-corrected chi connectivity index (χ0v) is 14.0. The van der Waals surface area contributed by atoms with Crippen molar-refractivity contribution in [1.82, 2.24) is 9.80 Å². The van der Waals surface area contributed by atoms with Crippen molar-refractivity contribution in [2.75, 3.05) is 33.2 Å². The lowest BCUT2D eigenvalue weighted by Gasteiger charge is -2.24. The Morgan fingerprint density at radius 3 is 2.73 bits per heavy atom. The van der Waals surface area contributed by atoms with Crippen LogP contribution in [0.5, 0.6) is 0 Å². The SMILES string of the molecule is CN(Cc1ccccc1F)C(=O)CN1CCC(C)(CN)C1.Cl. The molecule has 0 aromatic heterocycles. The van der Waals surface area contributed by atoms with Gasteiger partial charge in [0.15, 0.2) is 0 Å². The maximum absolute atomic E-state index is 13.6. The quantitative estimate of drug-likeness (QED) is 0.897. The first-order valence-corrected chi connectivity index (χ1v) is 7.33. The molecule has 1 atom stereocenters. The summed E-state index contributed by atoms with van der Waals surface area (Å²) in [6.07, 6.45) is 1.02. The molecule has 1 heterocycles. The fraction of sp³-hybridized carbons (Fsp3) is 0.562.